The van der Waals surface area contributed by atoms with E-state index in [9.17, 15) is 9.18 Å². The number of carbonyl (C=O) groups is 1. The first kappa shape index (κ1) is 29.5. The monoisotopic (exact) mass is 676 g/mol. The van der Waals surface area contributed by atoms with Gasteiger partial charge < -0.3 is 14.6 Å². The molecule has 1 N–H and O–H groups in total. The lowest BCUT2D eigenvalue weighted by atomic mass is 9.93. The molecular formula is C37H30ClFN6O2S. The van der Waals surface area contributed by atoms with E-state index in [-0.39, 0.29) is 23.8 Å². The number of hydrogen-bond acceptors (Lipinski definition) is 8. The van der Waals surface area contributed by atoms with Crippen molar-refractivity contribution in [2.45, 2.75) is 57.5 Å². The van der Waals surface area contributed by atoms with E-state index in [1.54, 1.807) is 30.4 Å². The highest BCUT2D eigenvalue weighted by Gasteiger charge is 2.45. The number of hydrogen-bond donors (Lipinski definition) is 1. The van der Waals surface area contributed by atoms with Gasteiger partial charge in [0.1, 0.15) is 11.6 Å². The van der Waals surface area contributed by atoms with Gasteiger partial charge in [-0.15, -0.1) is 21.5 Å². The third kappa shape index (κ3) is 4.88. The summed E-state index contributed by atoms with van der Waals surface area (Å²) in [4.78, 5) is 27.1. The first-order chi connectivity index (χ1) is 23.4. The number of amides is 1. The standard InChI is InChI=1S/C37H30ClFN6O2S/c1-19-43-44-36(47-19)30-27(12-6-20-4-9-24(39)10-5-20)41-33-28-3-2-16-45(28)37(46)32(33)31(30)29-18-22-14-15-40-35(34(22)48-29)42-26-13-7-21-17-23(38)8-11-25(21)26/h4-5,8-11,14-15,17-18,26,28H,2-3,6-7,12-13,16H2,1H3,(H,40,42). The zero-order valence-corrected chi connectivity index (χ0v) is 27.7. The van der Waals surface area contributed by atoms with E-state index in [1.165, 1.54) is 23.3 Å². The lowest BCUT2D eigenvalue weighted by molar-refractivity contribution is 0.0776. The Morgan fingerprint density at radius 3 is 2.75 bits per heavy atom. The van der Waals surface area contributed by atoms with Crippen LogP contribution < -0.4 is 5.32 Å². The van der Waals surface area contributed by atoms with Gasteiger partial charge in [0.15, 0.2) is 0 Å². The molecule has 1 saturated heterocycles. The number of aromatic nitrogens is 4. The fraction of sp³-hybridized carbons (Fsp3) is 0.270. The smallest absolute Gasteiger partial charge is 0.257 e. The summed E-state index contributed by atoms with van der Waals surface area (Å²) in [5, 5.41) is 14.1. The van der Waals surface area contributed by atoms with Gasteiger partial charge in [0.05, 0.1) is 39.3 Å². The van der Waals surface area contributed by atoms with Crippen molar-refractivity contribution in [2.75, 3.05) is 11.9 Å². The van der Waals surface area contributed by atoms with Crippen LogP contribution >= 0.6 is 22.9 Å². The van der Waals surface area contributed by atoms with Gasteiger partial charge in [-0.05, 0) is 97.0 Å². The maximum absolute atomic E-state index is 14.2. The number of nitrogens with zero attached hydrogens (tertiary/aromatic N) is 5. The van der Waals surface area contributed by atoms with Crippen molar-refractivity contribution < 1.29 is 13.6 Å². The van der Waals surface area contributed by atoms with Crippen LogP contribution in [0, 0.1) is 12.7 Å². The number of rotatable bonds is 7. The molecule has 0 bridgehead atoms. The Morgan fingerprint density at radius 1 is 1.04 bits per heavy atom. The molecule has 2 aromatic carbocycles. The molecule has 0 saturated carbocycles. The van der Waals surface area contributed by atoms with Crippen LogP contribution in [0.1, 0.15) is 75.7 Å². The highest BCUT2D eigenvalue weighted by atomic mass is 35.5. The molecule has 3 aliphatic rings. The summed E-state index contributed by atoms with van der Waals surface area (Å²) in [6.45, 7) is 2.46. The Bertz CT molecular complexity index is 2250. The molecule has 0 spiro atoms. The zero-order chi connectivity index (χ0) is 32.5. The van der Waals surface area contributed by atoms with Crippen LogP contribution in [0.3, 0.4) is 0 Å². The van der Waals surface area contributed by atoms with Gasteiger partial charge in [0.2, 0.25) is 11.8 Å². The summed E-state index contributed by atoms with van der Waals surface area (Å²) in [7, 11) is 0. The van der Waals surface area contributed by atoms with E-state index in [0.29, 0.717) is 42.3 Å². The van der Waals surface area contributed by atoms with Crippen LogP contribution in [-0.4, -0.2) is 37.5 Å². The molecule has 1 aliphatic carbocycles. The SMILES string of the molecule is Cc1nnc(-c2c(CCc3ccc(F)cc3)nc3c(c2-c2cc4ccnc(NC5CCc6cc(Cl)ccc65)c4s2)C(=O)N2CCCC32)o1. The van der Waals surface area contributed by atoms with Gasteiger partial charge in [-0.25, -0.2) is 9.37 Å². The number of thiophene rings is 1. The number of carbonyl (C=O) groups excluding carboxylic acids is 1. The molecule has 2 aliphatic heterocycles. The molecular weight excluding hydrogens is 647 g/mol. The number of aryl methyl sites for hydroxylation is 4. The number of nitrogens with one attached hydrogen (secondary N) is 1. The molecule has 11 heteroatoms. The number of pyridine rings is 2. The average Bonchev–Trinajstić information content (AvgIpc) is 3.92. The Kier molecular flexibility index (Phi) is 7.05. The van der Waals surface area contributed by atoms with Crippen LogP contribution in [0.25, 0.3) is 32.0 Å². The Hall–Kier alpha value is -4.67. The molecule has 2 unspecified atom stereocenters. The average molecular weight is 677 g/mol. The van der Waals surface area contributed by atoms with Gasteiger partial charge >= 0.3 is 0 Å². The fourth-order valence-corrected chi connectivity index (χ4v) is 8.97. The molecule has 6 heterocycles. The predicted molar refractivity (Wildman–Crippen MR) is 184 cm³/mol. The lowest BCUT2D eigenvalue weighted by Gasteiger charge is -2.16. The molecule has 8 nitrogen and oxygen atoms in total. The Labute approximate surface area is 285 Å². The molecule has 0 radical (unpaired) electrons. The molecule has 240 valence electrons. The van der Waals surface area contributed by atoms with E-state index < -0.39 is 0 Å². The third-order valence-electron chi connectivity index (χ3n) is 9.82. The van der Waals surface area contributed by atoms with Crippen LogP contribution in [0.2, 0.25) is 5.02 Å². The molecule has 48 heavy (non-hydrogen) atoms. The lowest BCUT2D eigenvalue weighted by Crippen LogP contribution is -2.22. The highest BCUT2D eigenvalue weighted by Crippen LogP contribution is 2.50. The van der Waals surface area contributed by atoms with E-state index >= 15 is 0 Å². The maximum Gasteiger partial charge on any atom is 0.257 e. The van der Waals surface area contributed by atoms with E-state index in [2.05, 4.69) is 33.7 Å². The summed E-state index contributed by atoms with van der Waals surface area (Å²) in [5.74, 6) is 1.29. The Balaban J connectivity index is 1.21. The van der Waals surface area contributed by atoms with Crippen molar-refractivity contribution in [3.8, 4) is 21.9 Å². The van der Waals surface area contributed by atoms with Crippen molar-refractivity contribution in [1.29, 1.82) is 0 Å². The molecule has 9 rings (SSSR count). The van der Waals surface area contributed by atoms with Crippen molar-refractivity contribution in [3.63, 3.8) is 0 Å². The van der Waals surface area contributed by atoms with Crippen molar-refractivity contribution >= 4 is 44.7 Å². The zero-order valence-electron chi connectivity index (χ0n) is 26.1. The normalized spacial score (nSPS) is 18.1. The number of benzene rings is 2. The van der Waals surface area contributed by atoms with Crippen molar-refractivity contribution in [3.05, 3.63) is 111 Å². The fourth-order valence-electron chi connectivity index (χ4n) is 7.61. The van der Waals surface area contributed by atoms with Gasteiger partial charge in [-0.3, -0.25) is 9.78 Å². The van der Waals surface area contributed by atoms with Crippen molar-refractivity contribution in [2.24, 2.45) is 0 Å². The molecule has 1 fully saturated rings. The summed E-state index contributed by atoms with van der Waals surface area (Å²) in [6, 6.07) is 16.9. The summed E-state index contributed by atoms with van der Waals surface area (Å²) in [6.07, 6.45) is 6.74. The van der Waals surface area contributed by atoms with Crippen LogP contribution in [-0.2, 0) is 19.3 Å². The largest absolute Gasteiger partial charge is 0.421 e. The number of anilines is 1. The Morgan fingerprint density at radius 2 is 1.92 bits per heavy atom. The first-order valence-corrected chi connectivity index (χ1v) is 17.5. The number of halogens is 2. The van der Waals surface area contributed by atoms with Gasteiger partial charge in [0.25, 0.3) is 5.91 Å². The topological polar surface area (TPSA) is 97.0 Å². The molecule has 6 aromatic rings. The summed E-state index contributed by atoms with van der Waals surface area (Å²) >= 11 is 7.89. The molecule has 4 aromatic heterocycles. The van der Waals surface area contributed by atoms with Crippen LogP contribution in [0.5, 0.6) is 0 Å². The van der Waals surface area contributed by atoms with E-state index in [0.717, 1.165) is 74.0 Å². The minimum Gasteiger partial charge on any atom is -0.421 e. The highest BCUT2D eigenvalue weighted by molar-refractivity contribution is 7.23. The minimum atomic E-state index is -0.270. The second-order valence-corrected chi connectivity index (χ2v) is 14.2. The van der Waals surface area contributed by atoms with Crippen molar-refractivity contribution in [1.82, 2.24) is 25.1 Å². The maximum atomic E-state index is 14.2. The first-order valence-electron chi connectivity index (χ1n) is 16.3. The quantitative estimate of drug-likeness (QED) is 0.181. The van der Waals surface area contributed by atoms with Gasteiger partial charge in [-0.2, -0.15) is 0 Å². The third-order valence-corrected chi connectivity index (χ3v) is 11.2. The predicted octanol–water partition coefficient (Wildman–Crippen LogP) is 8.68. The van der Waals surface area contributed by atoms with Gasteiger partial charge in [0, 0.05) is 35.1 Å². The minimum absolute atomic E-state index is 0.00674. The van der Waals surface area contributed by atoms with Crippen LogP contribution in [0.15, 0.2) is 65.2 Å². The van der Waals surface area contributed by atoms with E-state index in [4.69, 9.17) is 26.0 Å². The van der Waals surface area contributed by atoms with Gasteiger partial charge in [-0.1, -0.05) is 29.8 Å². The summed E-state index contributed by atoms with van der Waals surface area (Å²) < 4.78 is 20.8. The molecule has 2 atom stereocenters. The van der Waals surface area contributed by atoms with E-state index in [1.807, 2.05) is 23.2 Å². The second kappa shape index (κ2) is 11.5. The second-order valence-electron chi connectivity index (χ2n) is 12.7. The summed E-state index contributed by atoms with van der Waals surface area (Å²) in [5.41, 5.74) is 7.18. The number of fused-ring (bicyclic) bond motifs is 5. The van der Waals surface area contributed by atoms with Crippen LogP contribution in [0.4, 0.5) is 10.2 Å². The molecule has 1 amide bonds.